The minimum Gasteiger partial charge on any atom is -0.467 e. The van der Waals surface area contributed by atoms with Gasteiger partial charge in [-0.2, -0.15) is 5.10 Å². The van der Waals surface area contributed by atoms with Gasteiger partial charge in [-0.15, -0.1) is 0 Å². The summed E-state index contributed by atoms with van der Waals surface area (Å²) in [5.41, 5.74) is 2.64. The van der Waals surface area contributed by atoms with E-state index < -0.39 is 0 Å². The molecule has 0 radical (unpaired) electrons. The van der Waals surface area contributed by atoms with E-state index in [1.165, 1.54) is 6.07 Å². The van der Waals surface area contributed by atoms with Gasteiger partial charge in [0.05, 0.1) is 12.8 Å². The van der Waals surface area contributed by atoms with Gasteiger partial charge in [-0.3, -0.25) is 9.59 Å². The monoisotopic (exact) mass is 436 g/mol. The summed E-state index contributed by atoms with van der Waals surface area (Å²) in [7, 11) is 0. The second-order valence-corrected chi connectivity index (χ2v) is 8.35. The lowest BCUT2D eigenvalue weighted by atomic mass is 9.95. The molecule has 1 aliphatic heterocycles. The molecule has 8 heteroatoms. The fourth-order valence-corrected chi connectivity index (χ4v) is 4.66. The molecule has 1 aromatic carbocycles. The zero-order chi connectivity index (χ0) is 22.1. The molecule has 0 spiro atoms. The Balaban J connectivity index is 1.26. The molecule has 32 heavy (non-hydrogen) atoms. The molecule has 2 aromatic heterocycles. The minimum absolute atomic E-state index is 0.0155. The van der Waals surface area contributed by atoms with Crippen molar-refractivity contribution in [1.29, 1.82) is 0 Å². The van der Waals surface area contributed by atoms with Gasteiger partial charge < -0.3 is 14.6 Å². The Kier molecular flexibility index (Phi) is 5.51. The maximum atomic E-state index is 14.4. The number of rotatable bonds is 5. The van der Waals surface area contributed by atoms with Gasteiger partial charge in [-0.25, -0.2) is 9.07 Å². The summed E-state index contributed by atoms with van der Waals surface area (Å²) in [5, 5.41) is 7.45. The molecule has 2 amide bonds. The Labute approximate surface area is 185 Å². The van der Waals surface area contributed by atoms with Crippen molar-refractivity contribution in [2.75, 3.05) is 13.1 Å². The first-order valence-corrected chi connectivity index (χ1v) is 11.1. The highest BCUT2D eigenvalue weighted by Crippen LogP contribution is 2.30. The third-order valence-electron chi connectivity index (χ3n) is 6.38. The van der Waals surface area contributed by atoms with Crippen molar-refractivity contribution in [1.82, 2.24) is 20.0 Å². The fourth-order valence-electron chi connectivity index (χ4n) is 4.66. The van der Waals surface area contributed by atoms with Crippen LogP contribution in [0.3, 0.4) is 0 Å². The summed E-state index contributed by atoms with van der Waals surface area (Å²) in [5.74, 6) is 0.0805. The highest BCUT2D eigenvalue weighted by atomic mass is 19.1. The lowest BCUT2D eigenvalue weighted by Crippen LogP contribution is -2.43. The number of hydrogen-bond donors (Lipinski definition) is 1. The predicted molar refractivity (Wildman–Crippen MR) is 115 cm³/mol. The molecule has 1 saturated heterocycles. The van der Waals surface area contributed by atoms with E-state index in [1.54, 1.807) is 40.1 Å². The van der Waals surface area contributed by atoms with Crippen molar-refractivity contribution >= 4 is 11.8 Å². The van der Waals surface area contributed by atoms with E-state index in [2.05, 4.69) is 10.4 Å². The quantitative estimate of drug-likeness (QED) is 0.666. The number of benzene rings is 1. The number of halogens is 1. The summed E-state index contributed by atoms with van der Waals surface area (Å²) >= 11 is 0. The molecule has 1 aliphatic carbocycles. The number of nitrogens with zero attached hydrogens (tertiary/aromatic N) is 3. The van der Waals surface area contributed by atoms with E-state index >= 15 is 0 Å². The molecule has 166 valence electrons. The lowest BCUT2D eigenvalue weighted by molar-refractivity contribution is -0.126. The average Bonchev–Trinajstić information content (AvgIpc) is 3.56. The van der Waals surface area contributed by atoms with Gasteiger partial charge in [0, 0.05) is 30.3 Å². The summed E-state index contributed by atoms with van der Waals surface area (Å²) in [4.78, 5) is 27.5. The second-order valence-electron chi connectivity index (χ2n) is 8.35. The minimum atomic E-state index is -0.356. The van der Waals surface area contributed by atoms with Crippen LogP contribution in [0.1, 0.15) is 46.8 Å². The van der Waals surface area contributed by atoms with E-state index in [1.807, 2.05) is 6.07 Å². The number of likely N-dealkylation sites (tertiary alicyclic amines) is 1. The molecule has 0 unspecified atom stereocenters. The van der Waals surface area contributed by atoms with Crippen molar-refractivity contribution in [2.45, 2.75) is 38.6 Å². The van der Waals surface area contributed by atoms with Gasteiger partial charge in [-0.1, -0.05) is 12.1 Å². The molecule has 0 atom stereocenters. The van der Waals surface area contributed by atoms with Gasteiger partial charge >= 0.3 is 0 Å². The number of fused-ring (bicyclic) bond motifs is 1. The molecular formula is C24H25FN4O3. The number of carbonyl (C=O) groups excluding carboxylic acids is 2. The Morgan fingerprint density at radius 3 is 2.69 bits per heavy atom. The van der Waals surface area contributed by atoms with Crippen LogP contribution in [0.15, 0.2) is 47.1 Å². The van der Waals surface area contributed by atoms with Crippen LogP contribution in [0.25, 0.3) is 5.69 Å². The largest absolute Gasteiger partial charge is 0.467 e. The van der Waals surface area contributed by atoms with Gasteiger partial charge in [0.15, 0.2) is 5.69 Å². The standard InChI is InChI=1S/C24H25FN4O3/c25-19-7-1-2-8-21(19)29-20-9-3-6-18(20)22(27-29)24(31)28-12-10-16(11-13-28)23(30)26-15-17-5-4-14-32-17/h1-2,4-5,7-8,14,16H,3,6,9-13,15H2,(H,26,30). The van der Waals surface area contributed by atoms with Crippen LogP contribution in [-0.4, -0.2) is 39.6 Å². The second kappa shape index (κ2) is 8.61. The zero-order valence-electron chi connectivity index (χ0n) is 17.7. The van der Waals surface area contributed by atoms with Gasteiger partial charge in [0.2, 0.25) is 5.91 Å². The van der Waals surface area contributed by atoms with Crippen molar-refractivity contribution < 1.29 is 18.4 Å². The molecule has 1 fully saturated rings. The number of piperidine rings is 1. The molecule has 7 nitrogen and oxygen atoms in total. The van der Waals surface area contributed by atoms with Gasteiger partial charge in [0.25, 0.3) is 5.91 Å². The zero-order valence-corrected chi connectivity index (χ0v) is 17.7. The van der Waals surface area contributed by atoms with E-state index in [4.69, 9.17) is 4.42 Å². The Morgan fingerprint density at radius 2 is 1.94 bits per heavy atom. The van der Waals surface area contributed by atoms with Crippen LogP contribution in [-0.2, 0) is 24.2 Å². The molecule has 3 aromatic rings. The van der Waals surface area contributed by atoms with Gasteiger partial charge in [0.1, 0.15) is 17.3 Å². The summed E-state index contributed by atoms with van der Waals surface area (Å²) in [6.45, 7) is 1.36. The normalized spacial score (nSPS) is 16.2. The van der Waals surface area contributed by atoms with Crippen LogP contribution < -0.4 is 5.32 Å². The highest BCUT2D eigenvalue weighted by Gasteiger charge is 2.33. The lowest BCUT2D eigenvalue weighted by Gasteiger charge is -2.31. The first-order chi connectivity index (χ1) is 15.6. The van der Waals surface area contributed by atoms with Gasteiger partial charge in [-0.05, 0) is 56.4 Å². The number of para-hydroxylation sites is 1. The van der Waals surface area contributed by atoms with Crippen LogP contribution in [0.2, 0.25) is 0 Å². The van der Waals surface area contributed by atoms with Crippen molar-refractivity contribution in [3.63, 3.8) is 0 Å². The van der Waals surface area contributed by atoms with E-state index in [-0.39, 0.29) is 23.5 Å². The van der Waals surface area contributed by atoms with E-state index in [0.717, 1.165) is 30.5 Å². The third-order valence-corrected chi connectivity index (χ3v) is 6.38. The maximum Gasteiger partial charge on any atom is 0.274 e. The summed E-state index contributed by atoms with van der Waals surface area (Å²) in [6, 6.07) is 10.1. The number of aromatic nitrogens is 2. The number of furan rings is 1. The van der Waals surface area contributed by atoms with Crippen molar-refractivity contribution in [3.8, 4) is 5.69 Å². The first kappa shape index (κ1) is 20.5. The Hall–Kier alpha value is -3.42. The molecule has 2 aliphatic rings. The van der Waals surface area contributed by atoms with Crippen LogP contribution >= 0.6 is 0 Å². The highest BCUT2D eigenvalue weighted by molar-refractivity contribution is 5.94. The fraction of sp³-hybridized carbons (Fsp3) is 0.375. The number of amides is 2. The van der Waals surface area contributed by atoms with Crippen LogP contribution in [0, 0.1) is 11.7 Å². The maximum absolute atomic E-state index is 14.4. The van der Waals surface area contributed by atoms with Crippen molar-refractivity contribution in [2.24, 2.45) is 5.92 Å². The van der Waals surface area contributed by atoms with Crippen molar-refractivity contribution in [3.05, 3.63) is 71.2 Å². The van der Waals surface area contributed by atoms with Crippen LogP contribution in [0.5, 0.6) is 0 Å². The number of nitrogens with one attached hydrogen (secondary N) is 1. The number of hydrogen-bond acceptors (Lipinski definition) is 4. The molecule has 0 saturated carbocycles. The topological polar surface area (TPSA) is 80.4 Å². The molecule has 0 bridgehead atoms. The smallest absolute Gasteiger partial charge is 0.274 e. The van der Waals surface area contributed by atoms with E-state index in [9.17, 15) is 14.0 Å². The predicted octanol–water partition coefficient (Wildman–Crippen LogP) is 3.26. The molecule has 3 heterocycles. The summed E-state index contributed by atoms with van der Waals surface area (Å²) in [6.07, 6.45) is 5.27. The molecule has 1 N–H and O–H groups in total. The Morgan fingerprint density at radius 1 is 1.12 bits per heavy atom. The summed E-state index contributed by atoms with van der Waals surface area (Å²) < 4.78 is 21.2. The SMILES string of the molecule is O=C(NCc1ccco1)C1CCN(C(=O)c2nn(-c3ccccc3F)c3c2CCC3)CC1. The van der Waals surface area contributed by atoms with Crippen LogP contribution in [0.4, 0.5) is 4.39 Å². The first-order valence-electron chi connectivity index (χ1n) is 11.1. The van der Waals surface area contributed by atoms with E-state index in [0.29, 0.717) is 49.6 Å². The molecular weight excluding hydrogens is 411 g/mol. The Bertz CT molecular complexity index is 1130. The average molecular weight is 436 g/mol. The number of carbonyl (C=O) groups is 2. The third kappa shape index (κ3) is 3.81. The molecule has 5 rings (SSSR count).